The van der Waals surface area contributed by atoms with Crippen LogP contribution in [0, 0.1) is 27.5 Å². The number of benzene rings is 1. The number of oxime groups is 2. The van der Waals surface area contributed by atoms with Crippen molar-refractivity contribution in [1.82, 2.24) is 4.98 Å². The van der Waals surface area contributed by atoms with Crippen LogP contribution < -0.4 is 0 Å². The quantitative estimate of drug-likeness (QED) is 0.203. The van der Waals surface area contributed by atoms with E-state index in [0.29, 0.717) is 0 Å². The van der Waals surface area contributed by atoms with E-state index in [1.165, 1.54) is 39.8 Å². The molecule has 12 nitrogen and oxygen atoms in total. The number of nitro benzene ring substituents is 1. The third kappa shape index (κ3) is 18.5. The van der Waals surface area contributed by atoms with Crippen LogP contribution in [-0.2, 0) is 16.8 Å². The number of non-ortho nitro benzene ring substituents is 1. The smallest absolute Gasteiger partial charge is 0.245 e. The van der Waals surface area contributed by atoms with Crippen LogP contribution in [0.1, 0.15) is 33.3 Å². The van der Waals surface area contributed by atoms with Gasteiger partial charge in [-0.3, -0.25) is 15.1 Å². The monoisotopic (exact) mass is 504 g/mol. The van der Waals surface area contributed by atoms with Crippen molar-refractivity contribution < 1.29 is 32.1 Å². The number of nitrogens with zero attached hydrogens (tertiary/aromatic N) is 6. The number of hydrogen-bond acceptors (Lipinski definition) is 11. The van der Waals surface area contributed by atoms with Crippen molar-refractivity contribution in [1.29, 1.82) is 0 Å². The zero-order valence-corrected chi connectivity index (χ0v) is 19.5. The Kier molecular flexibility index (Phi) is 21.7. The molecule has 0 amide bonds. The van der Waals surface area contributed by atoms with Gasteiger partial charge in [0.2, 0.25) is 5.69 Å². The van der Waals surface area contributed by atoms with Gasteiger partial charge < -0.3 is 31.1 Å². The Morgan fingerprint density at radius 2 is 1.24 bits per heavy atom. The van der Waals surface area contributed by atoms with E-state index >= 15 is 0 Å². The molecule has 0 saturated carbocycles. The zero-order chi connectivity index (χ0) is 24.9. The molecule has 0 aliphatic rings. The van der Waals surface area contributed by atoms with E-state index in [1.54, 1.807) is 24.5 Å². The largest absolute Gasteiger partial charge is 0.792 e. The van der Waals surface area contributed by atoms with Gasteiger partial charge in [0.15, 0.2) is 0 Å². The summed E-state index contributed by atoms with van der Waals surface area (Å²) in [5.41, 5.74) is 1.79. The fourth-order valence-electron chi connectivity index (χ4n) is 1.21. The van der Waals surface area contributed by atoms with Crippen LogP contribution in [-0.4, -0.2) is 43.2 Å². The third-order valence-electron chi connectivity index (χ3n) is 3.33. The molecule has 0 aliphatic heterocycles. The van der Waals surface area contributed by atoms with Crippen LogP contribution in [0.15, 0.2) is 75.5 Å². The molecule has 0 fully saturated rings. The van der Waals surface area contributed by atoms with Crippen molar-refractivity contribution in [3.8, 4) is 0 Å². The maximum Gasteiger partial charge on any atom is 0.245 e. The molecular formula is C20H25CoN6O6-3. The van der Waals surface area contributed by atoms with Gasteiger partial charge in [-0.25, -0.2) is 0 Å². The van der Waals surface area contributed by atoms with E-state index in [1.807, 2.05) is 18.2 Å². The Hall–Kier alpha value is -3.97. The van der Waals surface area contributed by atoms with Crippen LogP contribution in [0.4, 0.5) is 5.69 Å². The average Bonchev–Trinajstić information content (AvgIpc) is 2.84. The zero-order valence-electron chi connectivity index (χ0n) is 18.4. The first kappa shape index (κ1) is 33.7. The first-order chi connectivity index (χ1) is 15.1. The topological polar surface area (TPSA) is 192 Å². The van der Waals surface area contributed by atoms with Crippen molar-refractivity contribution in [2.24, 2.45) is 20.6 Å². The summed E-state index contributed by atoms with van der Waals surface area (Å²) < 4.78 is 0. The van der Waals surface area contributed by atoms with Crippen molar-refractivity contribution >= 4 is 28.5 Å². The molecule has 1 aromatic carbocycles. The third-order valence-corrected chi connectivity index (χ3v) is 3.33. The van der Waals surface area contributed by atoms with E-state index < -0.39 is 4.92 Å². The molecule has 1 aromatic heterocycles. The van der Waals surface area contributed by atoms with Crippen molar-refractivity contribution in [3.05, 3.63) is 87.9 Å². The fourth-order valence-corrected chi connectivity index (χ4v) is 1.21. The number of nitro groups is 1. The van der Waals surface area contributed by atoms with Crippen LogP contribution in [0.3, 0.4) is 0 Å². The van der Waals surface area contributed by atoms with Crippen molar-refractivity contribution in [3.63, 3.8) is 0 Å². The van der Waals surface area contributed by atoms with Gasteiger partial charge in [-0.15, -0.1) is 0 Å². The molecule has 0 saturated heterocycles. The Labute approximate surface area is 202 Å². The number of rotatable bonds is 3. The molecule has 1 heterocycles. The van der Waals surface area contributed by atoms with Gasteiger partial charge >= 0.3 is 0 Å². The second-order valence-corrected chi connectivity index (χ2v) is 5.67. The molecule has 1 radical (unpaired) electrons. The molecule has 0 unspecified atom stereocenters. The molecule has 13 heteroatoms. The number of aromatic nitrogens is 1. The molecule has 0 atom stereocenters. The summed E-state index contributed by atoms with van der Waals surface area (Å²) in [6.45, 7) is 9.54. The molecule has 2 N–H and O–H groups in total. The van der Waals surface area contributed by atoms with E-state index in [0.717, 1.165) is 5.56 Å². The summed E-state index contributed by atoms with van der Waals surface area (Å²) >= 11 is 0. The van der Waals surface area contributed by atoms with Gasteiger partial charge in [0.05, 0.1) is 27.8 Å². The molecule has 2 rings (SSSR count). The summed E-state index contributed by atoms with van der Waals surface area (Å²) in [6.07, 6.45) is 3.50. The van der Waals surface area contributed by atoms with Gasteiger partial charge in [-0.2, -0.15) is 24.6 Å². The molecule has 33 heavy (non-hydrogen) atoms. The first-order valence-corrected chi connectivity index (χ1v) is 8.77. The summed E-state index contributed by atoms with van der Waals surface area (Å²) in [5, 5.41) is 55.9. The van der Waals surface area contributed by atoms with Gasteiger partial charge in [0.1, 0.15) is 0 Å². The molecule has 0 spiro atoms. The minimum atomic E-state index is -0.431. The van der Waals surface area contributed by atoms with Gasteiger partial charge in [0.25, 0.3) is 0 Å². The standard InChI is InChI=1S/C7H6NO2.C5H5N.2C4H8N2O2.Co/c1-6-2-4-7(5-3-6)8(9)10;1-2-4-6-5-3-1;2*1-3(5-7)4(2)6-8;/h2-5H,1H2;1-5H;2*7-8H,1-2H3;/q-1;;;;/p-2/b;;2*5-3+,6-4+;. The summed E-state index contributed by atoms with van der Waals surface area (Å²) in [4.78, 5) is 13.5. The maximum atomic E-state index is 10.1. The second-order valence-electron chi connectivity index (χ2n) is 5.67. The molecule has 183 valence electrons. The van der Waals surface area contributed by atoms with Crippen LogP contribution >= 0.6 is 0 Å². The minimum Gasteiger partial charge on any atom is -0.792 e. The number of pyridine rings is 1. The van der Waals surface area contributed by atoms with Crippen molar-refractivity contribution in [2.75, 3.05) is 0 Å². The van der Waals surface area contributed by atoms with Crippen molar-refractivity contribution in [2.45, 2.75) is 27.7 Å². The second kappa shape index (κ2) is 21.3. The van der Waals surface area contributed by atoms with E-state index in [9.17, 15) is 20.5 Å². The molecular weight excluding hydrogens is 479 g/mol. The Morgan fingerprint density at radius 1 is 0.848 bits per heavy atom. The Balaban J connectivity index is -0.000000365. The number of hydrogen-bond donors (Lipinski definition) is 2. The van der Waals surface area contributed by atoms with Crippen LogP contribution in [0.5, 0.6) is 0 Å². The fraction of sp³-hybridized carbons (Fsp3) is 0.200. The first-order valence-electron chi connectivity index (χ1n) is 8.77. The SMILES string of the molecule is CC(=N\[O-])/C(C)=N/O.CC(=N\[O-])/C(C)=N/O.[CH2-]c1ccc([N+](=O)[O-])cc1.[Co].c1ccncc1. The van der Waals surface area contributed by atoms with E-state index in [4.69, 9.17) is 10.4 Å². The van der Waals surface area contributed by atoms with Gasteiger partial charge in [0, 0.05) is 29.2 Å². The Morgan fingerprint density at radius 3 is 1.42 bits per heavy atom. The summed E-state index contributed by atoms with van der Waals surface area (Å²) in [5.74, 6) is 0. The van der Waals surface area contributed by atoms with E-state index in [-0.39, 0.29) is 45.3 Å². The molecule has 0 bridgehead atoms. The summed E-state index contributed by atoms with van der Waals surface area (Å²) in [7, 11) is 0. The normalized spacial score (nSPS) is 11.2. The predicted octanol–water partition coefficient (Wildman–Crippen LogP) is 4.45. The molecule has 2 aromatic rings. The van der Waals surface area contributed by atoms with Crippen LogP contribution in [0.25, 0.3) is 0 Å². The predicted molar refractivity (Wildman–Crippen MR) is 125 cm³/mol. The minimum absolute atomic E-state index is 0. The average molecular weight is 504 g/mol. The Bertz CT molecular complexity index is 812. The summed E-state index contributed by atoms with van der Waals surface area (Å²) in [6, 6.07) is 11.8. The van der Waals surface area contributed by atoms with Gasteiger partial charge in [-0.05, 0) is 52.0 Å². The van der Waals surface area contributed by atoms with Crippen LogP contribution in [0.2, 0.25) is 0 Å². The van der Waals surface area contributed by atoms with Gasteiger partial charge in [-0.1, -0.05) is 16.4 Å². The van der Waals surface area contributed by atoms with E-state index in [2.05, 4.69) is 32.5 Å². The molecule has 0 aliphatic carbocycles. The maximum absolute atomic E-state index is 10.1.